The first-order chi connectivity index (χ1) is 13.7. The van der Waals surface area contributed by atoms with Crippen molar-refractivity contribution in [3.05, 3.63) is 33.8 Å². The minimum Gasteiger partial charge on any atom is -0.494 e. The van der Waals surface area contributed by atoms with Gasteiger partial charge in [0.1, 0.15) is 5.65 Å². The topological polar surface area (TPSA) is 118 Å². The Morgan fingerprint density at radius 3 is 2.59 bits per heavy atom. The maximum absolute atomic E-state index is 12.9. The second-order valence-corrected chi connectivity index (χ2v) is 8.09. The summed E-state index contributed by atoms with van der Waals surface area (Å²) in [5.74, 6) is -1.14. The van der Waals surface area contributed by atoms with Gasteiger partial charge in [-0.15, -0.1) is 0 Å². The molecule has 0 aliphatic heterocycles. The predicted octanol–water partition coefficient (Wildman–Crippen LogP) is 1.29. The van der Waals surface area contributed by atoms with Gasteiger partial charge in [0, 0.05) is 30.3 Å². The molecule has 0 spiro atoms. The van der Waals surface area contributed by atoms with E-state index in [1.54, 1.807) is 6.08 Å². The standard InChI is InChI=1S/C20H27N5O4/c1-11(2)10-24-18-13(5-8-15(26)22-12(3)4)9-21-25(18)20(29)16(19(24)28)17(27)23-14-6-7-14/h5,8-9,11-12,14,28H,6-7,10H2,1-4H3,(H,22,26)(H,23,27)/b8-5+. The van der Waals surface area contributed by atoms with E-state index >= 15 is 0 Å². The Morgan fingerprint density at radius 2 is 2.00 bits per heavy atom. The number of nitrogens with one attached hydrogen (secondary N) is 2. The summed E-state index contributed by atoms with van der Waals surface area (Å²) >= 11 is 0. The lowest BCUT2D eigenvalue weighted by Crippen LogP contribution is -2.34. The van der Waals surface area contributed by atoms with Crippen molar-refractivity contribution >= 4 is 23.5 Å². The van der Waals surface area contributed by atoms with E-state index in [0.29, 0.717) is 17.8 Å². The second kappa shape index (κ2) is 8.10. The third-order valence-electron chi connectivity index (χ3n) is 4.44. The number of carbonyl (C=O) groups excluding carboxylic acids is 2. The van der Waals surface area contributed by atoms with E-state index in [0.717, 1.165) is 17.4 Å². The van der Waals surface area contributed by atoms with Gasteiger partial charge < -0.3 is 15.7 Å². The fourth-order valence-electron chi connectivity index (χ4n) is 3.05. The van der Waals surface area contributed by atoms with Crippen LogP contribution in [0.25, 0.3) is 11.7 Å². The Morgan fingerprint density at radius 1 is 1.31 bits per heavy atom. The van der Waals surface area contributed by atoms with E-state index < -0.39 is 17.3 Å². The zero-order valence-corrected chi connectivity index (χ0v) is 17.1. The molecule has 1 saturated carbocycles. The molecule has 0 saturated heterocycles. The Labute approximate surface area is 168 Å². The van der Waals surface area contributed by atoms with Gasteiger partial charge in [-0.25, -0.2) is 0 Å². The highest BCUT2D eigenvalue weighted by Crippen LogP contribution is 2.24. The summed E-state index contributed by atoms with van der Waals surface area (Å²) in [6.07, 6.45) is 6.06. The summed E-state index contributed by atoms with van der Waals surface area (Å²) in [5, 5.41) is 20.4. The van der Waals surface area contributed by atoms with E-state index in [2.05, 4.69) is 15.7 Å². The zero-order chi connectivity index (χ0) is 21.3. The van der Waals surface area contributed by atoms with Crippen LogP contribution in [0.4, 0.5) is 0 Å². The second-order valence-electron chi connectivity index (χ2n) is 8.09. The number of hydrogen-bond acceptors (Lipinski definition) is 5. The van der Waals surface area contributed by atoms with Crippen molar-refractivity contribution in [1.82, 2.24) is 24.8 Å². The van der Waals surface area contributed by atoms with Crippen LogP contribution in [-0.2, 0) is 11.3 Å². The molecule has 0 bridgehead atoms. The molecule has 3 rings (SSSR count). The molecule has 0 aromatic carbocycles. The first kappa shape index (κ1) is 20.6. The van der Waals surface area contributed by atoms with Crippen LogP contribution in [0.5, 0.6) is 5.88 Å². The van der Waals surface area contributed by atoms with Crippen LogP contribution in [0.2, 0.25) is 0 Å². The van der Waals surface area contributed by atoms with E-state index in [4.69, 9.17) is 0 Å². The number of nitrogens with zero attached hydrogens (tertiary/aromatic N) is 3. The lowest BCUT2D eigenvalue weighted by Gasteiger charge is -2.17. The van der Waals surface area contributed by atoms with Gasteiger partial charge in [-0.05, 0) is 38.7 Å². The molecule has 1 aliphatic rings. The average Bonchev–Trinajstić information content (AvgIpc) is 3.32. The van der Waals surface area contributed by atoms with Crippen LogP contribution in [0.3, 0.4) is 0 Å². The molecule has 156 valence electrons. The van der Waals surface area contributed by atoms with E-state index in [9.17, 15) is 19.5 Å². The molecular formula is C20H27N5O4. The van der Waals surface area contributed by atoms with Crippen LogP contribution < -0.4 is 16.2 Å². The smallest absolute Gasteiger partial charge is 0.291 e. The van der Waals surface area contributed by atoms with Gasteiger partial charge in [0.2, 0.25) is 11.8 Å². The van der Waals surface area contributed by atoms with Crippen molar-refractivity contribution in [2.75, 3.05) is 0 Å². The van der Waals surface area contributed by atoms with Crippen LogP contribution in [0.1, 0.15) is 56.5 Å². The average molecular weight is 401 g/mol. The summed E-state index contributed by atoms with van der Waals surface area (Å²) < 4.78 is 2.60. The van der Waals surface area contributed by atoms with Gasteiger partial charge in [0.15, 0.2) is 5.56 Å². The van der Waals surface area contributed by atoms with Crippen LogP contribution in [-0.4, -0.2) is 43.2 Å². The normalized spacial score (nSPS) is 14.3. The molecule has 2 heterocycles. The number of aromatic hydroxyl groups is 1. The van der Waals surface area contributed by atoms with Crippen LogP contribution >= 0.6 is 0 Å². The molecule has 1 aliphatic carbocycles. The first-order valence-electron chi connectivity index (χ1n) is 9.82. The monoisotopic (exact) mass is 401 g/mol. The van der Waals surface area contributed by atoms with Crippen molar-refractivity contribution < 1.29 is 14.7 Å². The number of amides is 2. The molecular weight excluding hydrogens is 374 g/mol. The fourth-order valence-corrected chi connectivity index (χ4v) is 3.05. The number of aromatic nitrogens is 3. The third-order valence-corrected chi connectivity index (χ3v) is 4.44. The van der Waals surface area contributed by atoms with Crippen molar-refractivity contribution in [2.45, 2.75) is 59.2 Å². The van der Waals surface area contributed by atoms with Crippen LogP contribution in [0, 0.1) is 5.92 Å². The van der Waals surface area contributed by atoms with Gasteiger partial charge in [-0.3, -0.25) is 19.0 Å². The predicted molar refractivity (Wildman–Crippen MR) is 109 cm³/mol. The van der Waals surface area contributed by atoms with Gasteiger partial charge in [0.25, 0.3) is 11.5 Å². The molecule has 9 nitrogen and oxygen atoms in total. The summed E-state index contributed by atoms with van der Waals surface area (Å²) in [6, 6.07) is 0.0397. The number of fused-ring (bicyclic) bond motifs is 1. The van der Waals surface area contributed by atoms with Crippen molar-refractivity contribution in [3.63, 3.8) is 0 Å². The van der Waals surface area contributed by atoms with E-state index in [1.165, 1.54) is 16.8 Å². The lowest BCUT2D eigenvalue weighted by atomic mass is 10.2. The van der Waals surface area contributed by atoms with Crippen molar-refractivity contribution in [3.8, 4) is 5.88 Å². The highest BCUT2D eigenvalue weighted by Gasteiger charge is 2.29. The van der Waals surface area contributed by atoms with Crippen LogP contribution in [0.15, 0.2) is 17.1 Å². The maximum atomic E-state index is 12.9. The number of hydrogen-bond donors (Lipinski definition) is 3. The quantitative estimate of drug-likeness (QED) is 0.604. The molecule has 0 radical (unpaired) electrons. The van der Waals surface area contributed by atoms with E-state index in [1.807, 2.05) is 27.7 Å². The molecule has 2 aromatic rings. The molecule has 2 aromatic heterocycles. The highest BCUT2D eigenvalue weighted by molar-refractivity contribution is 5.97. The highest BCUT2D eigenvalue weighted by atomic mass is 16.3. The minimum atomic E-state index is -0.693. The molecule has 0 unspecified atom stereocenters. The third kappa shape index (κ3) is 4.49. The summed E-state index contributed by atoms with van der Waals surface area (Å²) in [5.41, 5.74) is -0.188. The first-order valence-corrected chi connectivity index (χ1v) is 9.82. The lowest BCUT2D eigenvalue weighted by molar-refractivity contribution is -0.116. The minimum absolute atomic E-state index is 0.00763. The summed E-state index contributed by atoms with van der Waals surface area (Å²) in [7, 11) is 0. The van der Waals surface area contributed by atoms with E-state index in [-0.39, 0.29) is 29.5 Å². The molecule has 29 heavy (non-hydrogen) atoms. The van der Waals surface area contributed by atoms with Gasteiger partial charge in [-0.1, -0.05) is 13.8 Å². The van der Waals surface area contributed by atoms with Crippen molar-refractivity contribution in [2.24, 2.45) is 5.92 Å². The number of rotatable bonds is 7. The Bertz CT molecular complexity index is 1030. The molecule has 0 atom stereocenters. The summed E-state index contributed by atoms with van der Waals surface area (Å²) in [6.45, 7) is 7.99. The zero-order valence-electron chi connectivity index (χ0n) is 17.1. The number of carbonyl (C=O) groups is 2. The van der Waals surface area contributed by atoms with Gasteiger partial charge >= 0.3 is 0 Å². The molecule has 2 amide bonds. The fraction of sp³-hybridized carbons (Fsp3) is 0.500. The SMILES string of the molecule is CC(C)Cn1c(O)c(C(=O)NC2CC2)c(=O)n2ncc(/C=C/C(=O)NC(C)C)c12. The molecule has 9 heteroatoms. The maximum Gasteiger partial charge on any atom is 0.291 e. The largest absolute Gasteiger partial charge is 0.494 e. The molecule has 3 N–H and O–H groups in total. The summed E-state index contributed by atoms with van der Waals surface area (Å²) in [4.78, 5) is 37.4. The van der Waals surface area contributed by atoms with Gasteiger partial charge in [0.05, 0.1) is 6.20 Å². The Balaban J connectivity index is 2.12. The molecule has 1 fully saturated rings. The van der Waals surface area contributed by atoms with Crippen molar-refractivity contribution in [1.29, 1.82) is 0 Å². The Hall–Kier alpha value is -3.10. The Kier molecular flexibility index (Phi) is 5.76. The van der Waals surface area contributed by atoms with Gasteiger partial charge in [-0.2, -0.15) is 9.61 Å².